The number of H-pyrrole nitrogens is 1. The fourth-order valence-corrected chi connectivity index (χ4v) is 7.47. The Kier molecular flexibility index (Phi) is 11.7. The summed E-state index contributed by atoms with van der Waals surface area (Å²) in [6.07, 6.45) is 6.25. The van der Waals surface area contributed by atoms with Gasteiger partial charge in [-0.1, -0.05) is 57.7 Å². The molecule has 2 saturated heterocycles. The summed E-state index contributed by atoms with van der Waals surface area (Å²) in [5, 5.41) is 7.49. The number of benzene rings is 2. The topological polar surface area (TPSA) is 158 Å². The molecule has 4 amide bonds. The lowest BCUT2D eigenvalue weighted by Gasteiger charge is -2.31. The molecule has 3 aromatic rings. The van der Waals surface area contributed by atoms with E-state index in [9.17, 15) is 19.2 Å². The number of ether oxygens (including phenoxy) is 2. The number of hydrogen-bond donors (Lipinski definition) is 3. The molecule has 284 valence electrons. The van der Waals surface area contributed by atoms with Crippen LogP contribution >= 0.6 is 0 Å². The van der Waals surface area contributed by atoms with Gasteiger partial charge < -0.3 is 34.9 Å². The van der Waals surface area contributed by atoms with E-state index in [0.717, 1.165) is 70.4 Å². The summed E-state index contributed by atoms with van der Waals surface area (Å²) in [6.45, 7) is 8.82. The van der Waals surface area contributed by atoms with Gasteiger partial charge in [-0.05, 0) is 66.5 Å². The molecule has 2 fully saturated rings. The number of likely N-dealkylation sites (tertiary alicyclic amines) is 2. The van der Waals surface area contributed by atoms with Crippen molar-refractivity contribution < 1.29 is 28.7 Å². The Morgan fingerprint density at radius 1 is 0.815 bits per heavy atom. The zero-order valence-corrected chi connectivity index (χ0v) is 31.8. The predicted octanol–water partition coefficient (Wildman–Crippen LogP) is 5.73. The van der Waals surface area contributed by atoms with E-state index in [1.165, 1.54) is 14.2 Å². The van der Waals surface area contributed by atoms with Crippen LogP contribution in [0.15, 0.2) is 59.4 Å². The summed E-state index contributed by atoms with van der Waals surface area (Å²) in [5.74, 6) is 6.84. The molecule has 0 spiro atoms. The highest BCUT2D eigenvalue weighted by atomic mass is 16.5. The lowest BCUT2D eigenvalue weighted by Crippen LogP contribution is -2.53. The van der Waals surface area contributed by atoms with Gasteiger partial charge in [-0.3, -0.25) is 14.6 Å². The van der Waals surface area contributed by atoms with E-state index in [1.54, 1.807) is 17.3 Å². The number of aromatic nitrogens is 2. The minimum Gasteiger partial charge on any atom is -0.453 e. The highest BCUT2D eigenvalue weighted by Crippen LogP contribution is 2.33. The maximum atomic E-state index is 13.5. The number of amides is 4. The van der Waals surface area contributed by atoms with E-state index < -0.39 is 24.3 Å². The Labute approximate surface area is 315 Å². The van der Waals surface area contributed by atoms with Crippen LogP contribution in [-0.4, -0.2) is 94.9 Å². The number of aliphatic imine (C=N–C) groups is 1. The smallest absolute Gasteiger partial charge is 0.407 e. The third-order valence-electron chi connectivity index (χ3n) is 10.4. The van der Waals surface area contributed by atoms with Gasteiger partial charge in [0, 0.05) is 48.1 Å². The van der Waals surface area contributed by atoms with Crippen LogP contribution in [0, 0.1) is 23.7 Å². The van der Waals surface area contributed by atoms with Crippen molar-refractivity contribution in [3.63, 3.8) is 0 Å². The molecule has 0 radical (unpaired) electrons. The fraction of sp³-hybridized carbons (Fsp3) is 0.463. The molecule has 0 unspecified atom stereocenters. The van der Waals surface area contributed by atoms with Gasteiger partial charge >= 0.3 is 12.2 Å². The molecule has 54 heavy (non-hydrogen) atoms. The minimum absolute atomic E-state index is 0.0933. The molecule has 3 N–H and O–H groups in total. The standard InChI is InChI=1S/C41H49N7O6/c1-24(2)35(45-40(51)53-5)38(49)47-17-7-9-33(47)31-20-27(22-42-31)12-11-26-13-14-29-21-30(16-15-28(29)19-26)32-23-43-37(44-32)34-10-8-18-48(34)39(50)36(25(3)4)46-41(52)54-6/h13-16,19,21-25,33-36H,7-10,17-18,20H2,1-6H3,(H,43,44)(H,45,51)(H,46,52)/t33-,34-,35-,36-/m0/s1. The van der Waals surface area contributed by atoms with E-state index in [0.29, 0.717) is 19.5 Å². The van der Waals surface area contributed by atoms with Crippen LogP contribution < -0.4 is 10.6 Å². The van der Waals surface area contributed by atoms with Gasteiger partial charge in [0.25, 0.3) is 0 Å². The zero-order chi connectivity index (χ0) is 38.5. The van der Waals surface area contributed by atoms with Crippen molar-refractivity contribution in [2.75, 3.05) is 27.3 Å². The number of fused-ring (bicyclic) bond motifs is 1. The average molecular weight is 736 g/mol. The van der Waals surface area contributed by atoms with Crippen LogP contribution in [-0.2, 0) is 19.1 Å². The lowest BCUT2D eigenvalue weighted by molar-refractivity contribution is -0.135. The number of nitrogens with one attached hydrogen (secondary N) is 3. The molecule has 4 heterocycles. The first-order chi connectivity index (χ1) is 26.0. The van der Waals surface area contributed by atoms with Gasteiger partial charge in [-0.25, -0.2) is 14.6 Å². The normalized spacial score (nSPS) is 19.3. The van der Waals surface area contributed by atoms with Gasteiger partial charge in [0.05, 0.1) is 38.2 Å². The van der Waals surface area contributed by atoms with Crippen LogP contribution in [0.3, 0.4) is 0 Å². The SMILES string of the molecule is COC(=O)N[C@H](C(=O)N1CCC[C@H]1C1=NC=C(C#Cc2ccc3cc(-c4cnc([C@@H]5CCCN5C(=O)[C@@H](NC(=O)OC)C(C)C)[nH]4)ccc3c2)C1)C(C)C. The van der Waals surface area contributed by atoms with E-state index in [-0.39, 0.29) is 35.7 Å². The Bertz CT molecular complexity index is 2040. The zero-order valence-electron chi connectivity index (χ0n) is 31.8. The molecule has 0 aliphatic carbocycles. The predicted molar refractivity (Wildman–Crippen MR) is 205 cm³/mol. The van der Waals surface area contributed by atoms with Crippen LogP contribution in [0.1, 0.15) is 77.2 Å². The van der Waals surface area contributed by atoms with Gasteiger partial charge in [0.1, 0.15) is 17.9 Å². The Balaban J connectivity index is 1.09. The summed E-state index contributed by atoms with van der Waals surface area (Å²) in [6, 6.07) is 10.6. The van der Waals surface area contributed by atoms with Crippen molar-refractivity contribution >= 4 is 40.5 Å². The van der Waals surface area contributed by atoms with Crippen LogP contribution in [0.25, 0.3) is 22.0 Å². The summed E-state index contributed by atoms with van der Waals surface area (Å²) in [4.78, 5) is 67.3. The molecular weight excluding hydrogens is 686 g/mol. The number of imidazole rings is 1. The van der Waals surface area contributed by atoms with Gasteiger partial charge in [0.15, 0.2) is 0 Å². The number of carbonyl (C=O) groups excluding carboxylic acids is 4. The molecule has 0 saturated carbocycles. The Hall–Kier alpha value is -5.64. The quantitative estimate of drug-likeness (QED) is 0.237. The summed E-state index contributed by atoms with van der Waals surface area (Å²) in [5.41, 5.74) is 4.52. The summed E-state index contributed by atoms with van der Waals surface area (Å²) in [7, 11) is 2.58. The molecule has 4 atom stereocenters. The van der Waals surface area contributed by atoms with Crippen LogP contribution in [0.2, 0.25) is 0 Å². The van der Waals surface area contributed by atoms with Gasteiger partial charge in [-0.2, -0.15) is 0 Å². The minimum atomic E-state index is -0.690. The molecule has 3 aliphatic heterocycles. The monoisotopic (exact) mass is 735 g/mol. The van der Waals surface area contributed by atoms with E-state index in [1.807, 2.05) is 44.7 Å². The number of nitrogens with zero attached hydrogens (tertiary/aromatic N) is 4. The van der Waals surface area contributed by atoms with Crippen molar-refractivity contribution in [3.05, 3.63) is 65.8 Å². The maximum absolute atomic E-state index is 13.5. The second kappa shape index (κ2) is 16.6. The molecule has 1 aromatic heterocycles. The van der Waals surface area contributed by atoms with Crippen molar-refractivity contribution in [2.45, 2.75) is 84.0 Å². The molecule has 6 rings (SSSR count). The first kappa shape index (κ1) is 38.1. The van der Waals surface area contributed by atoms with Crippen molar-refractivity contribution in [2.24, 2.45) is 16.8 Å². The average Bonchev–Trinajstić information content (AvgIpc) is 4.00. The largest absolute Gasteiger partial charge is 0.453 e. The highest BCUT2D eigenvalue weighted by molar-refractivity contribution is 5.99. The van der Waals surface area contributed by atoms with Gasteiger partial charge in [0.2, 0.25) is 11.8 Å². The van der Waals surface area contributed by atoms with Crippen LogP contribution in [0.4, 0.5) is 9.59 Å². The second-order valence-electron chi connectivity index (χ2n) is 14.8. The number of methoxy groups -OCH3 is 2. The third-order valence-corrected chi connectivity index (χ3v) is 10.4. The molecular formula is C41H49N7O6. The third kappa shape index (κ3) is 8.28. The molecule has 2 aromatic carbocycles. The fourth-order valence-electron chi connectivity index (χ4n) is 7.47. The maximum Gasteiger partial charge on any atom is 0.407 e. The number of aromatic amines is 1. The number of rotatable bonds is 9. The van der Waals surface area contributed by atoms with E-state index in [4.69, 9.17) is 9.47 Å². The Morgan fingerprint density at radius 2 is 1.41 bits per heavy atom. The lowest BCUT2D eigenvalue weighted by atomic mass is 10.00. The molecule has 3 aliphatic rings. The number of alkyl carbamates (subject to hydrolysis) is 2. The first-order valence-electron chi connectivity index (χ1n) is 18.6. The number of allylic oxidation sites excluding steroid dienone is 1. The highest BCUT2D eigenvalue weighted by Gasteiger charge is 2.39. The second-order valence-corrected chi connectivity index (χ2v) is 14.8. The summed E-state index contributed by atoms with van der Waals surface area (Å²) >= 11 is 0. The summed E-state index contributed by atoms with van der Waals surface area (Å²) < 4.78 is 9.50. The van der Waals surface area contributed by atoms with E-state index >= 15 is 0 Å². The van der Waals surface area contributed by atoms with Crippen molar-refractivity contribution in [1.82, 2.24) is 30.4 Å². The van der Waals surface area contributed by atoms with Gasteiger partial charge in [-0.15, -0.1) is 0 Å². The Morgan fingerprint density at radius 3 is 2.04 bits per heavy atom. The van der Waals surface area contributed by atoms with Crippen LogP contribution in [0.5, 0.6) is 0 Å². The number of hydrogen-bond acceptors (Lipinski definition) is 8. The molecule has 0 bridgehead atoms. The van der Waals surface area contributed by atoms with E-state index in [2.05, 4.69) is 61.7 Å². The van der Waals surface area contributed by atoms with Crippen molar-refractivity contribution in [3.8, 4) is 23.1 Å². The molecule has 13 heteroatoms. The molecule has 13 nitrogen and oxygen atoms in total. The first-order valence-corrected chi connectivity index (χ1v) is 18.6. The number of carbonyl (C=O) groups is 4. The van der Waals surface area contributed by atoms with Crippen molar-refractivity contribution in [1.29, 1.82) is 0 Å².